The molecule has 206 valence electrons. The van der Waals surface area contributed by atoms with E-state index >= 15 is 0 Å². The van der Waals surface area contributed by atoms with Gasteiger partial charge in [0.1, 0.15) is 17.6 Å². The number of amides is 1. The van der Waals surface area contributed by atoms with Crippen molar-refractivity contribution in [3.8, 4) is 5.75 Å². The van der Waals surface area contributed by atoms with Crippen LogP contribution < -0.4 is 15.8 Å². The molecule has 1 aromatic heterocycles. The number of oxime groups is 1. The summed E-state index contributed by atoms with van der Waals surface area (Å²) in [6.07, 6.45) is -0.717. The van der Waals surface area contributed by atoms with Crippen LogP contribution in [-0.2, 0) is 16.1 Å². The van der Waals surface area contributed by atoms with Crippen LogP contribution in [0.3, 0.4) is 0 Å². The number of carbonyl (C=O) groups excluding carboxylic acids is 1. The van der Waals surface area contributed by atoms with Crippen LogP contribution in [0.4, 0.5) is 10.5 Å². The minimum atomic E-state index is -0.623. The fourth-order valence-electron chi connectivity index (χ4n) is 4.76. The summed E-state index contributed by atoms with van der Waals surface area (Å²) < 4.78 is 13.4. The summed E-state index contributed by atoms with van der Waals surface area (Å²) in [4.78, 5) is 17.9. The summed E-state index contributed by atoms with van der Waals surface area (Å²) in [6, 6.07) is 17.9. The van der Waals surface area contributed by atoms with Crippen LogP contribution in [0, 0.1) is 6.92 Å². The quantitative estimate of drug-likeness (QED) is 0.119. The maximum Gasteiger partial charge on any atom is 0.433 e. The van der Waals surface area contributed by atoms with E-state index in [0.717, 1.165) is 50.8 Å². The van der Waals surface area contributed by atoms with E-state index in [9.17, 15) is 4.79 Å². The Labute approximate surface area is 229 Å². The molecule has 0 spiro atoms. The van der Waals surface area contributed by atoms with Gasteiger partial charge in [-0.15, -0.1) is 0 Å². The lowest BCUT2D eigenvalue weighted by atomic mass is 9.96. The number of nitrogens with one attached hydrogen (secondary N) is 1. The van der Waals surface area contributed by atoms with Crippen LogP contribution in [0.1, 0.15) is 51.3 Å². The number of hydrogen-bond acceptors (Lipinski definition) is 6. The first-order chi connectivity index (χ1) is 18.5. The summed E-state index contributed by atoms with van der Waals surface area (Å²) >= 11 is 0. The summed E-state index contributed by atoms with van der Waals surface area (Å²) in [7, 11) is 1.65. The van der Waals surface area contributed by atoms with Gasteiger partial charge in [-0.2, -0.15) is 0 Å². The van der Waals surface area contributed by atoms with Gasteiger partial charge in [0.2, 0.25) is 0 Å². The van der Waals surface area contributed by atoms with Gasteiger partial charge in [0.15, 0.2) is 0 Å². The van der Waals surface area contributed by atoms with Gasteiger partial charge in [0.05, 0.1) is 6.61 Å². The molecule has 0 saturated carbocycles. The standard InChI is InChI=1S/C31H38N4O4/c1-8-35-27-13-9-21(16-25(27)26-17-22(32)10-14-28(26)35)29(34-39-30(36)33-31(4,5)6)24-12-11-23(15-19(24)2)38-20(3)18-37-7/h9-17,20H,8,18,32H2,1-7H3,(H,33,36)/b34-29-. The fourth-order valence-corrected chi connectivity index (χ4v) is 4.76. The molecule has 1 heterocycles. The number of carbonyl (C=O) groups is 1. The van der Waals surface area contributed by atoms with Gasteiger partial charge in [0, 0.05) is 57.8 Å². The van der Waals surface area contributed by atoms with E-state index in [1.165, 1.54) is 0 Å². The molecule has 8 heteroatoms. The minimum absolute atomic E-state index is 0.0939. The van der Waals surface area contributed by atoms with Crippen molar-refractivity contribution in [2.45, 2.75) is 59.7 Å². The summed E-state index contributed by atoms with van der Waals surface area (Å²) in [5.41, 5.74) is 11.7. The highest BCUT2D eigenvalue weighted by molar-refractivity contribution is 6.17. The van der Waals surface area contributed by atoms with E-state index in [2.05, 4.69) is 40.2 Å². The number of rotatable bonds is 8. The number of methoxy groups -OCH3 is 1. The molecular formula is C31H38N4O4. The molecular weight excluding hydrogens is 492 g/mol. The molecule has 0 saturated heterocycles. The largest absolute Gasteiger partial charge is 0.488 e. The lowest BCUT2D eigenvalue weighted by molar-refractivity contribution is 0.0920. The third-order valence-corrected chi connectivity index (χ3v) is 6.37. The molecule has 0 bridgehead atoms. The number of nitrogen functional groups attached to an aromatic ring is 1. The van der Waals surface area contributed by atoms with E-state index in [0.29, 0.717) is 18.0 Å². The Morgan fingerprint density at radius 1 is 1.05 bits per heavy atom. The van der Waals surface area contributed by atoms with Crippen molar-refractivity contribution in [2.24, 2.45) is 5.16 Å². The Bertz CT molecular complexity index is 1530. The summed E-state index contributed by atoms with van der Waals surface area (Å²) in [5.74, 6) is 0.725. The Morgan fingerprint density at radius 3 is 2.38 bits per heavy atom. The number of hydrogen-bond donors (Lipinski definition) is 2. The number of ether oxygens (including phenoxy) is 2. The first-order valence-corrected chi connectivity index (χ1v) is 13.2. The Morgan fingerprint density at radius 2 is 1.74 bits per heavy atom. The molecule has 4 aromatic rings. The summed E-state index contributed by atoms with van der Waals surface area (Å²) in [6.45, 7) is 13.0. The zero-order valence-electron chi connectivity index (χ0n) is 23.8. The van der Waals surface area contributed by atoms with Crippen LogP contribution in [0.5, 0.6) is 5.75 Å². The predicted octanol–water partition coefficient (Wildman–Crippen LogP) is 6.40. The normalized spacial score (nSPS) is 13.1. The lowest BCUT2D eigenvalue weighted by Gasteiger charge is -2.19. The molecule has 4 rings (SSSR count). The molecule has 3 aromatic carbocycles. The Balaban J connectivity index is 1.83. The molecule has 0 aliphatic rings. The van der Waals surface area contributed by atoms with Crippen LogP contribution in [-0.4, -0.2) is 41.7 Å². The number of benzene rings is 3. The number of anilines is 1. The lowest BCUT2D eigenvalue weighted by Crippen LogP contribution is -2.40. The third-order valence-electron chi connectivity index (χ3n) is 6.37. The first kappa shape index (κ1) is 28.0. The maximum atomic E-state index is 12.5. The van der Waals surface area contributed by atoms with Crippen LogP contribution in [0.15, 0.2) is 59.8 Å². The van der Waals surface area contributed by atoms with Crippen molar-refractivity contribution in [2.75, 3.05) is 19.5 Å². The number of nitrogens with two attached hydrogens (primary N) is 1. The molecule has 8 nitrogen and oxygen atoms in total. The van der Waals surface area contributed by atoms with E-state index in [-0.39, 0.29) is 6.10 Å². The number of fused-ring (bicyclic) bond motifs is 3. The predicted molar refractivity (Wildman–Crippen MR) is 158 cm³/mol. The zero-order chi connectivity index (χ0) is 28.3. The van der Waals surface area contributed by atoms with E-state index in [4.69, 9.17) is 20.0 Å². The molecule has 0 aliphatic heterocycles. The molecule has 1 atom stereocenters. The second-order valence-corrected chi connectivity index (χ2v) is 10.8. The molecule has 0 fully saturated rings. The highest BCUT2D eigenvalue weighted by Gasteiger charge is 2.19. The average Bonchev–Trinajstić information content (AvgIpc) is 3.16. The zero-order valence-corrected chi connectivity index (χ0v) is 23.8. The van der Waals surface area contributed by atoms with Crippen molar-refractivity contribution < 1.29 is 19.1 Å². The second kappa shape index (κ2) is 11.4. The van der Waals surface area contributed by atoms with Crippen molar-refractivity contribution in [1.82, 2.24) is 9.88 Å². The van der Waals surface area contributed by atoms with Gasteiger partial charge in [-0.3, -0.25) is 4.84 Å². The Kier molecular flexibility index (Phi) is 8.16. The van der Waals surface area contributed by atoms with E-state index in [1.54, 1.807) is 7.11 Å². The van der Waals surface area contributed by atoms with Crippen LogP contribution in [0.25, 0.3) is 21.8 Å². The SMILES string of the molecule is CCn1c2ccc(N)cc2c2cc(/C(=N/OC(=O)NC(C)(C)C)c3ccc(OC(C)COC)cc3C)ccc21. The first-order valence-electron chi connectivity index (χ1n) is 13.2. The van der Waals surface area contributed by atoms with Gasteiger partial charge in [-0.1, -0.05) is 11.2 Å². The van der Waals surface area contributed by atoms with Gasteiger partial charge in [-0.25, -0.2) is 4.79 Å². The second-order valence-electron chi connectivity index (χ2n) is 10.8. The number of aromatic nitrogens is 1. The third kappa shape index (κ3) is 6.34. The highest BCUT2D eigenvalue weighted by Crippen LogP contribution is 2.32. The average molecular weight is 531 g/mol. The van der Waals surface area contributed by atoms with Crippen molar-refractivity contribution in [3.63, 3.8) is 0 Å². The number of nitrogens with zero attached hydrogens (tertiary/aromatic N) is 2. The maximum absolute atomic E-state index is 12.5. The van der Waals surface area contributed by atoms with E-state index < -0.39 is 11.6 Å². The highest BCUT2D eigenvalue weighted by atomic mass is 16.7. The molecule has 3 N–H and O–H groups in total. The van der Waals surface area contributed by atoms with Crippen LogP contribution in [0.2, 0.25) is 0 Å². The smallest absolute Gasteiger partial charge is 0.433 e. The van der Waals surface area contributed by atoms with Gasteiger partial charge in [0.25, 0.3) is 0 Å². The Hall–Kier alpha value is -4.04. The van der Waals surface area contributed by atoms with Crippen molar-refractivity contribution in [3.05, 3.63) is 71.3 Å². The van der Waals surface area contributed by atoms with Gasteiger partial charge in [-0.05, 0) is 95.6 Å². The van der Waals surface area contributed by atoms with Gasteiger partial charge >= 0.3 is 6.09 Å². The van der Waals surface area contributed by atoms with Crippen LogP contribution >= 0.6 is 0 Å². The molecule has 39 heavy (non-hydrogen) atoms. The monoisotopic (exact) mass is 530 g/mol. The molecule has 0 radical (unpaired) electrons. The topological polar surface area (TPSA) is 100 Å². The summed E-state index contributed by atoms with van der Waals surface area (Å²) in [5, 5.41) is 9.27. The van der Waals surface area contributed by atoms with E-state index in [1.807, 2.05) is 71.0 Å². The molecule has 1 amide bonds. The van der Waals surface area contributed by atoms with Crippen molar-refractivity contribution >= 4 is 39.3 Å². The molecule has 0 aliphatic carbocycles. The fraction of sp³-hybridized carbons (Fsp3) is 0.355. The minimum Gasteiger partial charge on any atom is -0.488 e. The molecule has 1 unspecified atom stereocenters. The van der Waals surface area contributed by atoms with Gasteiger partial charge < -0.3 is 25.1 Å². The number of aryl methyl sites for hydroxylation is 2. The van der Waals surface area contributed by atoms with Crippen molar-refractivity contribution in [1.29, 1.82) is 0 Å².